The summed E-state index contributed by atoms with van der Waals surface area (Å²) in [6.45, 7) is 2.91. The van der Waals surface area contributed by atoms with Crippen molar-refractivity contribution in [2.24, 2.45) is 5.92 Å². The molecule has 1 aromatic carbocycles. The van der Waals surface area contributed by atoms with Gasteiger partial charge in [-0.2, -0.15) is 0 Å². The molecule has 1 atom stereocenters. The van der Waals surface area contributed by atoms with Gasteiger partial charge in [-0.3, -0.25) is 4.79 Å². The van der Waals surface area contributed by atoms with Gasteiger partial charge in [-0.15, -0.1) is 0 Å². The van der Waals surface area contributed by atoms with Gasteiger partial charge in [0.1, 0.15) is 5.82 Å². The summed E-state index contributed by atoms with van der Waals surface area (Å²) in [5.41, 5.74) is 1.84. The Morgan fingerprint density at radius 3 is 3.21 bits per heavy atom. The monoisotopic (exact) mass is 348 g/mol. The van der Waals surface area contributed by atoms with Crippen molar-refractivity contribution in [3.05, 3.63) is 29.0 Å². The molecule has 0 aliphatic carbocycles. The van der Waals surface area contributed by atoms with E-state index in [1.165, 1.54) is 19.4 Å². The van der Waals surface area contributed by atoms with E-state index < -0.39 is 0 Å². The number of piperidine rings is 1. The minimum atomic E-state index is 0.141. The summed E-state index contributed by atoms with van der Waals surface area (Å²) in [5.74, 6) is 1.68. The molecule has 1 aliphatic rings. The number of imidazole rings is 1. The number of carbonyl (C=O) groups excluding carboxylic acids is 1. The lowest BCUT2D eigenvalue weighted by Crippen LogP contribution is -2.33. The second kappa shape index (κ2) is 7.99. The van der Waals surface area contributed by atoms with Gasteiger partial charge in [0.25, 0.3) is 0 Å². The summed E-state index contributed by atoms with van der Waals surface area (Å²) in [4.78, 5) is 22.1. The number of hydrogen-bond acceptors (Lipinski definition) is 3. The Kier molecular flexibility index (Phi) is 5.74. The number of aromatic nitrogens is 2. The highest BCUT2D eigenvalue weighted by Gasteiger charge is 2.17. The molecule has 1 fully saturated rings. The summed E-state index contributed by atoms with van der Waals surface area (Å²) >= 11 is 5.97. The van der Waals surface area contributed by atoms with Gasteiger partial charge in [-0.05, 0) is 57.0 Å². The van der Waals surface area contributed by atoms with E-state index in [4.69, 9.17) is 11.6 Å². The average Bonchev–Trinajstić information content (AvgIpc) is 2.95. The lowest BCUT2D eigenvalue weighted by molar-refractivity contribution is -0.121. The molecule has 0 saturated carbocycles. The van der Waals surface area contributed by atoms with E-state index in [9.17, 15) is 4.79 Å². The first-order valence-electron chi connectivity index (χ1n) is 8.69. The molecule has 1 aromatic heterocycles. The normalized spacial score (nSPS) is 18.8. The lowest BCUT2D eigenvalue weighted by atomic mass is 9.93. The number of fused-ring (bicyclic) bond motifs is 1. The van der Waals surface area contributed by atoms with Gasteiger partial charge in [0, 0.05) is 31.0 Å². The Balaban J connectivity index is 1.39. The molecule has 2 heterocycles. The molecule has 1 aliphatic heterocycles. The number of H-pyrrole nitrogens is 1. The zero-order valence-electron chi connectivity index (χ0n) is 14.1. The van der Waals surface area contributed by atoms with Crippen molar-refractivity contribution in [1.82, 2.24) is 20.2 Å². The number of nitrogens with one attached hydrogen (secondary N) is 2. The standard InChI is InChI=1S/C18H25ClN4O/c1-23-10-2-3-13(12-23)4-7-18(24)20-9-8-17-21-15-6-5-14(19)11-16(15)22-17/h5-6,11,13H,2-4,7-10,12H2,1H3,(H,20,24)(H,21,22)/t13-/m0/s1. The quantitative estimate of drug-likeness (QED) is 0.843. The van der Waals surface area contributed by atoms with Gasteiger partial charge in [0.15, 0.2) is 0 Å². The molecule has 0 radical (unpaired) electrons. The van der Waals surface area contributed by atoms with Gasteiger partial charge in [0.2, 0.25) is 5.91 Å². The molecule has 2 N–H and O–H groups in total. The maximum Gasteiger partial charge on any atom is 0.220 e. The maximum absolute atomic E-state index is 12.0. The molecule has 1 saturated heterocycles. The first-order chi connectivity index (χ1) is 11.6. The van der Waals surface area contributed by atoms with Crippen molar-refractivity contribution < 1.29 is 4.79 Å². The largest absolute Gasteiger partial charge is 0.356 e. The number of nitrogens with zero attached hydrogens (tertiary/aromatic N) is 2. The Morgan fingerprint density at radius 2 is 2.38 bits per heavy atom. The number of carbonyl (C=O) groups is 1. The van der Waals surface area contributed by atoms with Crippen LogP contribution in [0.15, 0.2) is 18.2 Å². The predicted molar refractivity (Wildman–Crippen MR) is 97.3 cm³/mol. The SMILES string of the molecule is CN1CCC[C@@H](CCC(=O)NCCc2nc3ccc(Cl)cc3[nH]2)C1. The fraction of sp³-hybridized carbons (Fsp3) is 0.556. The maximum atomic E-state index is 12.0. The van der Waals surface area contributed by atoms with Crippen LogP contribution in [0.25, 0.3) is 11.0 Å². The fourth-order valence-corrected chi connectivity index (χ4v) is 3.58. The van der Waals surface area contributed by atoms with E-state index in [0.29, 0.717) is 30.3 Å². The zero-order valence-corrected chi connectivity index (χ0v) is 14.9. The minimum absolute atomic E-state index is 0.141. The van der Waals surface area contributed by atoms with Gasteiger partial charge >= 0.3 is 0 Å². The third kappa shape index (κ3) is 4.71. The molecule has 24 heavy (non-hydrogen) atoms. The summed E-state index contributed by atoms with van der Waals surface area (Å²) in [7, 11) is 2.16. The van der Waals surface area contributed by atoms with Crippen LogP contribution in [0.4, 0.5) is 0 Å². The number of rotatable bonds is 6. The van der Waals surface area contributed by atoms with Gasteiger partial charge in [-0.25, -0.2) is 4.98 Å². The van der Waals surface area contributed by atoms with Crippen molar-refractivity contribution >= 4 is 28.5 Å². The number of benzene rings is 1. The third-order valence-electron chi connectivity index (χ3n) is 4.68. The second-order valence-electron chi connectivity index (χ2n) is 6.75. The second-order valence-corrected chi connectivity index (χ2v) is 7.19. The lowest BCUT2D eigenvalue weighted by Gasteiger charge is -2.29. The predicted octanol–water partition coefficient (Wildman–Crippen LogP) is 3.00. The Labute approximate surface area is 147 Å². The third-order valence-corrected chi connectivity index (χ3v) is 4.91. The molecule has 1 amide bonds. The van der Waals surface area contributed by atoms with Crippen LogP contribution in [0.1, 0.15) is 31.5 Å². The molecular weight excluding hydrogens is 324 g/mol. The topological polar surface area (TPSA) is 61.0 Å². The van der Waals surface area contributed by atoms with E-state index in [0.717, 1.165) is 29.8 Å². The number of amides is 1. The molecule has 3 rings (SSSR count). The Hall–Kier alpha value is -1.59. The van der Waals surface area contributed by atoms with E-state index in [2.05, 4.69) is 27.2 Å². The minimum Gasteiger partial charge on any atom is -0.356 e. The molecule has 0 unspecified atom stereocenters. The highest BCUT2D eigenvalue weighted by atomic mass is 35.5. The average molecular weight is 349 g/mol. The number of likely N-dealkylation sites (tertiary alicyclic amines) is 1. The van der Waals surface area contributed by atoms with Crippen molar-refractivity contribution in [3.63, 3.8) is 0 Å². The van der Waals surface area contributed by atoms with Crippen LogP contribution in [0, 0.1) is 5.92 Å². The Bertz CT molecular complexity index is 699. The number of halogens is 1. The smallest absolute Gasteiger partial charge is 0.220 e. The first kappa shape index (κ1) is 17.2. The summed E-state index contributed by atoms with van der Waals surface area (Å²) in [5, 5.41) is 3.69. The first-order valence-corrected chi connectivity index (χ1v) is 9.07. The summed E-state index contributed by atoms with van der Waals surface area (Å²) in [6.07, 6.45) is 4.80. The number of hydrogen-bond donors (Lipinski definition) is 2. The van der Waals surface area contributed by atoms with Crippen molar-refractivity contribution in [2.45, 2.75) is 32.1 Å². The highest BCUT2D eigenvalue weighted by molar-refractivity contribution is 6.31. The molecule has 0 bridgehead atoms. The van der Waals surface area contributed by atoms with Crippen LogP contribution in [0.5, 0.6) is 0 Å². The van der Waals surface area contributed by atoms with Crippen LogP contribution < -0.4 is 5.32 Å². The molecule has 0 spiro atoms. The van der Waals surface area contributed by atoms with Gasteiger partial charge < -0.3 is 15.2 Å². The molecule has 6 heteroatoms. The van der Waals surface area contributed by atoms with E-state index >= 15 is 0 Å². The van der Waals surface area contributed by atoms with E-state index in [1.807, 2.05) is 18.2 Å². The number of aromatic amines is 1. The van der Waals surface area contributed by atoms with Crippen LogP contribution in [-0.2, 0) is 11.2 Å². The fourth-order valence-electron chi connectivity index (χ4n) is 3.41. The molecule has 130 valence electrons. The van der Waals surface area contributed by atoms with Crippen molar-refractivity contribution in [2.75, 3.05) is 26.7 Å². The highest BCUT2D eigenvalue weighted by Crippen LogP contribution is 2.20. The van der Waals surface area contributed by atoms with Crippen LogP contribution in [-0.4, -0.2) is 47.5 Å². The molecule has 5 nitrogen and oxygen atoms in total. The Morgan fingerprint density at radius 1 is 1.50 bits per heavy atom. The molecular formula is C18H25ClN4O. The van der Waals surface area contributed by atoms with Crippen LogP contribution >= 0.6 is 11.6 Å². The summed E-state index contributed by atoms with van der Waals surface area (Å²) < 4.78 is 0. The van der Waals surface area contributed by atoms with Gasteiger partial charge in [-0.1, -0.05) is 11.6 Å². The zero-order chi connectivity index (χ0) is 16.9. The van der Waals surface area contributed by atoms with Gasteiger partial charge in [0.05, 0.1) is 11.0 Å². The van der Waals surface area contributed by atoms with Crippen LogP contribution in [0.2, 0.25) is 5.02 Å². The van der Waals surface area contributed by atoms with Crippen LogP contribution in [0.3, 0.4) is 0 Å². The molecule has 2 aromatic rings. The van der Waals surface area contributed by atoms with Crippen molar-refractivity contribution in [1.29, 1.82) is 0 Å². The van der Waals surface area contributed by atoms with E-state index in [1.54, 1.807) is 0 Å². The van der Waals surface area contributed by atoms with E-state index in [-0.39, 0.29) is 5.91 Å². The summed E-state index contributed by atoms with van der Waals surface area (Å²) in [6, 6.07) is 5.60. The van der Waals surface area contributed by atoms with Crippen molar-refractivity contribution in [3.8, 4) is 0 Å².